The van der Waals surface area contributed by atoms with Crippen LogP contribution in [0.3, 0.4) is 0 Å². The van der Waals surface area contributed by atoms with Crippen molar-refractivity contribution < 1.29 is 4.52 Å². The van der Waals surface area contributed by atoms with Gasteiger partial charge >= 0.3 is 0 Å². The predicted molar refractivity (Wildman–Crippen MR) is 71.6 cm³/mol. The Morgan fingerprint density at radius 1 is 1.44 bits per heavy atom. The van der Waals surface area contributed by atoms with Gasteiger partial charge in [0.15, 0.2) is 0 Å². The van der Waals surface area contributed by atoms with Crippen molar-refractivity contribution in [1.82, 2.24) is 15.0 Å². The van der Waals surface area contributed by atoms with Crippen LogP contribution in [0, 0.1) is 6.92 Å². The van der Waals surface area contributed by atoms with Crippen LogP contribution in [0.2, 0.25) is 0 Å². The molecule has 0 amide bonds. The zero-order valence-corrected chi connectivity index (χ0v) is 11.5. The Labute approximate surface area is 111 Å². The summed E-state index contributed by atoms with van der Waals surface area (Å²) in [5.74, 6) is 1.50. The van der Waals surface area contributed by atoms with Gasteiger partial charge in [-0.2, -0.15) is 4.98 Å². The van der Waals surface area contributed by atoms with Gasteiger partial charge in [0.25, 0.3) is 0 Å². The molecule has 1 fully saturated rings. The second-order valence-corrected chi connectivity index (χ2v) is 5.80. The number of hydrogen-bond donors (Lipinski definition) is 0. The molecule has 3 heterocycles. The van der Waals surface area contributed by atoms with E-state index in [1.54, 1.807) is 11.3 Å². The molecule has 1 saturated heterocycles. The fourth-order valence-electron chi connectivity index (χ4n) is 2.45. The molecule has 2 aromatic rings. The zero-order chi connectivity index (χ0) is 12.5. The Bertz CT molecular complexity index is 534. The summed E-state index contributed by atoms with van der Waals surface area (Å²) < 4.78 is 5.46. The van der Waals surface area contributed by atoms with E-state index in [1.165, 1.54) is 18.4 Å². The van der Waals surface area contributed by atoms with E-state index in [-0.39, 0.29) is 0 Å². The molecule has 0 bridgehead atoms. The van der Waals surface area contributed by atoms with Crippen molar-refractivity contribution in [2.24, 2.45) is 0 Å². The van der Waals surface area contributed by atoms with Crippen molar-refractivity contribution >= 4 is 11.3 Å². The fourth-order valence-corrected chi connectivity index (χ4v) is 3.30. The van der Waals surface area contributed by atoms with Gasteiger partial charge in [0.05, 0.1) is 10.9 Å². The van der Waals surface area contributed by atoms with E-state index in [2.05, 4.69) is 40.5 Å². The first-order valence-electron chi connectivity index (χ1n) is 6.34. The molecule has 0 aromatic carbocycles. The van der Waals surface area contributed by atoms with Crippen molar-refractivity contribution in [1.29, 1.82) is 0 Å². The number of piperidine rings is 1. The second-order valence-electron chi connectivity index (χ2n) is 4.88. The Morgan fingerprint density at radius 2 is 2.33 bits per heavy atom. The van der Waals surface area contributed by atoms with E-state index in [1.807, 2.05) is 0 Å². The minimum absolute atomic E-state index is 0.292. The molecule has 4 nitrogen and oxygen atoms in total. The van der Waals surface area contributed by atoms with Gasteiger partial charge in [-0.15, -0.1) is 11.3 Å². The largest absolute Gasteiger partial charge is 0.337 e. The van der Waals surface area contributed by atoms with Crippen molar-refractivity contribution in [3.63, 3.8) is 0 Å². The summed E-state index contributed by atoms with van der Waals surface area (Å²) in [7, 11) is 2.13. The molecule has 3 rings (SSSR count). The summed E-state index contributed by atoms with van der Waals surface area (Å²) in [6.45, 7) is 3.19. The standard InChI is InChI=1S/C13H17N3OS/c1-9-6-8-18-11(9)12-14-13(17-15-12)10-5-3-4-7-16(10)2/h6,8,10H,3-5,7H2,1-2H3/t10-/m0/s1. The van der Waals surface area contributed by atoms with Crippen LogP contribution in [0.15, 0.2) is 16.0 Å². The van der Waals surface area contributed by atoms with Gasteiger partial charge in [0, 0.05) is 0 Å². The molecule has 0 spiro atoms. The van der Waals surface area contributed by atoms with Crippen LogP contribution in [-0.2, 0) is 0 Å². The van der Waals surface area contributed by atoms with Crippen LogP contribution in [-0.4, -0.2) is 28.6 Å². The smallest absolute Gasteiger partial charge is 0.244 e. The van der Waals surface area contributed by atoms with Crippen LogP contribution in [0.25, 0.3) is 10.7 Å². The monoisotopic (exact) mass is 263 g/mol. The minimum Gasteiger partial charge on any atom is -0.337 e. The van der Waals surface area contributed by atoms with Crippen molar-refractivity contribution in [2.75, 3.05) is 13.6 Å². The highest BCUT2D eigenvalue weighted by atomic mass is 32.1. The topological polar surface area (TPSA) is 42.2 Å². The number of rotatable bonds is 2. The molecule has 0 saturated carbocycles. The molecule has 1 atom stereocenters. The van der Waals surface area contributed by atoms with Crippen molar-refractivity contribution in [3.8, 4) is 10.7 Å². The minimum atomic E-state index is 0.292. The summed E-state index contributed by atoms with van der Waals surface area (Å²) >= 11 is 1.66. The van der Waals surface area contributed by atoms with E-state index in [9.17, 15) is 0 Å². The third-order valence-electron chi connectivity index (χ3n) is 3.56. The summed E-state index contributed by atoms with van der Waals surface area (Å²) in [5, 5.41) is 6.19. The van der Waals surface area contributed by atoms with E-state index < -0.39 is 0 Å². The van der Waals surface area contributed by atoms with Gasteiger partial charge in [0.2, 0.25) is 11.7 Å². The predicted octanol–water partition coefficient (Wildman–Crippen LogP) is 3.26. The second kappa shape index (κ2) is 4.82. The molecule has 1 aliphatic rings. The van der Waals surface area contributed by atoms with Gasteiger partial charge in [-0.05, 0) is 50.4 Å². The lowest BCUT2D eigenvalue weighted by Gasteiger charge is -2.29. The summed E-state index contributed by atoms with van der Waals surface area (Å²) in [6, 6.07) is 2.38. The third kappa shape index (κ3) is 2.08. The van der Waals surface area contributed by atoms with Crippen LogP contribution in [0.1, 0.15) is 36.8 Å². The van der Waals surface area contributed by atoms with Crippen molar-refractivity contribution in [2.45, 2.75) is 32.2 Å². The molecule has 18 heavy (non-hydrogen) atoms. The maximum Gasteiger partial charge on any atom is 0.244 e. The molecular formula is C13H17N3OS. The van der Waals surface area contributed by atoms with E-state index in [0.717, 1.165) is 29.6 Å². The summed E-state index contributed by atoms with van der Waals surface area (Å²) in [4.78, 5) is 8.00. The molecule has 0 N–H and O–H groups in total. The molecule has 1 aliphatic heterocycles. The Morgan fingerprint density at radius 3 is 3.06 bits per heavy atom. The highest BCUT2D eigenvalue weighted by molar-refractivity contribution is 7.13. The Balaban J connectivity index is 1.87. The number of aryl methyl sites for hydroxylation is 1. The first kappa shape index (κ1) is 11.9. The zero-order valence-electron chi connectivity index (χ0n) is 10.7. The quantitative estimate of drug-likeness (QED) is 0.834. The molecule has 0 aliphatic carbocycles. The lowest BCUT2D eigenvalue weighted by molar-refractivity contribution is 0.150. The maximum absolute atomic E-state index is 5.46. The van der Waals surface area contributed by atoms with Gasteiger partial charge < -0.3 is 4.52 Å². The number of thiophene rings is 1. The van der Waals surface area contributed by atoms with Crippen LogP contribution in [0.4, 0.5) is 0 Å². The summed E-state index contributed by atoms with van der Waals surface area (Å²) in [6.07, 6.45) is 3.62. The molecular weight excluding hydrogens is 246 g/mol. The normalized spacial score (nSPS) is 21.3. The highest BCUT2D eigenvalue weighted by Crippen LogP contribution is 2.31. The fraction of sp³-hybridized carbons (Fsp3) is 0.538. The van der Waals surface area contributed by atoms with Crippen molar-refractivity contribution in [3.05, 3.63) is 22.9 Å². The third-order valence-corrected chi connectivity index (χ3v) is 4.57. The number of aromatic nitrogens is 2. The lowest BCUT2D eigenvalue weighted by atomic mass is 10.0. The molecule has 2 aromatic heterocycles. The summed E-state index contributed by atoms with van der Waals surface area (Å²) in [5.41, 5.74) is 1.21. The first-order valence-corrected chi connectivity index (χ1v) is 7.22. The average Bonchev–Trinajstić information content (AvgIpc) is 2.98. The Hall–Kier alpha value is -1.20. The molecule has 0 unspecified atom stereocenters. The van der Waals surface area contributed by atoms with Gasteiger partial charge in [-0.25, -0.2) is 0 Å². The number of nitrogens with zero attached hydrogens (tertiary/aromatic N) is 3. The van der Waals surface area contributed by atoms with Crippen LogP contribution in [0.5, 0.6) is 0 Å². The SMILES string of the molecule is Cc1ccsc1-c1noc([C@@H]2CCCCN2C)n1. The van der Waals surface area contributed by atoms with Gasteiger partial charge in [0.1, 0.15) is 0 Å². The molecule has 0 radical (unpaired) electrons. The van der Waals surface area contributed by atoms with E-state index in [0.29, 0.717) is 6.04 Å². The average molecular weight is 263 g/mol. The van der Waals surface area contributed by atoms with Gasteiger partial charge in [-0.3, -0.25) is 4.90 Å². The van der Waals surface area contributed by atoms with E-state index in [4.69, 9.17) is 4.52 Å². The lowest BCUT2D eigenvalue weighted by Crippen LogP contribution is -2.29. The number of likely N-dealkylation sites (tertiary alicyclic amines) is 1. The van der Waals surface area contributed by atoms with Gasteiger partial charge in [-0.1, -0.05) is 11.6 Å². The molecule has 96 valence electrons. The van der Waals surface area contributed by atoms with E-state index >= 15 is 0 Å². The molecule has 5 heteroatoms. The highest BCUT2D eigenvalue weighted by Gasteiger charge is 2.26. The van der Waals surface area contributed by atoms with Crippen LogP contribution < -0.4 is 0 Å². The number of hydrogen-bond acceptors (Lipinski definition) is 5. The van der Waals surface area contributed by atoms with Crippen LogP contribution >= 0.6 is 11.3 Å². The first-order chi connectivity index (χ1) is 8.75. The maximum atomic E-state index is 5.46. The Kier molecular flexibility index (Phi) is 3.18.